The number of ether oxygens (including phenoxy) is 5. The molecule has 6 atom stereocenters. The van der Waals surface area contributed by atoms with Crippen LogP contribution >= 0.6 is 0 Å². The van der Waals surface area contributed by atoms with Crippen LogP contribution in [0.15, 0.2) is 18.2 Å². The van der Waals surface area contributed by atoms with Gasteiger partial charge in [0.15, 0.2) is 12.9 Å². The number of hydrogen-bond acceptors (Lipinski definition) is 7. The number of benzene rings is 1. The number of fused-ring (bicyclic) bond motifs is 2. The molecule has 0 bridgehead atoms. The number of rotatable bonds is 14. The highest BCUT2D eigenvalue weighted by Crippen LogP contribution is 2.50. The predicted molar refractivity (Wildman–Crippen MR) is 151 cm³/mol. The normalized spacial score (nSPS) is 28.3. The van der Waals surface area contributed by atoms with Crippen molar-refractivity contribution in [3.8, 4) is 5.75 Å². The lowest BCUT2D eigenvalue weighted by Crippen LogP contribution is -2.32. The Labute approximate surface area is 239 Å². The largest absolute Gasteiger partial charge is 0.482 e. The second-order valence-corrected chi connectivity index (χ2v) is 12.4. The maximum Gasteiger partial charge on any atom is 0.343 e. The van der Waals surface area contributed by atoms with Crippen LogP contribution in [0.1, 0.15) is 95.1 Å². The summed E-state index contributed by atoms with van der Waals surface area (Å²) in [5.41, 5.74) is 2.48. The highest BCUT2D eigenvalue weighted by molar-refractivity contribution is 5.75. The number of methoxy groups -OCH3 is 1. The van der Waals surface area contributed by atoms with Crippen LogP contribution in [-0.4, -0.2) is 50.8 Å². The van der Waals surface area contributed by atoms with Crippen LogP contribution in [0.5, 0.6) is 5.75 Å². The summed E-state index contributed by atoms with van der Waals surface area (Å²) in [4.78, 5) is 24.5. The van der Waals surface area contributed by atoms with Gasteiger partial charge in [0, 0.05) is 6.61 Å². The first kappa shape index (κ1) is 29.4. The molecule has 7 nitrogen and oxygen atoms in total. The summed E-state index contributed by atoms with van der Waals surface area (Å²) in [5, 5.41) is 0. The molecule has 1 saturated heterocycles. The molecule has 7 heteroatoms. The van der Waals surface area contributed by atoms with Crippen molar-refractivity contribution in [3.05, 3.63) is 29.3 Å². The minimum atomic E-state index is -0.381. The third-order valence-electron chi connectivity index (χ3n) is 9.51. The van der Waals surface area contributed by atoms with Crippen molar-refractivity contribution in [2.75, 3.05) is 20.3 Å². The van der Waals surface area contributed by atoms with E-state index in [0.717, 1.165) is 76.6 Å². The molecule has 222 valence electrons. The zero-order chi connectivity index (χ0) is 27.9. The van der Waals surface area contributed by atoms with Gasteiger partial charge in [-0.05, 0) is 106 Å². The van der Waals surface area contributed by atoms with Gasteiger partial charge in [0.2, 0.25) is 0 Å². The van der Waals surface area contributed by atoms with E-state index in [4.69, 9.17) is 23.7 Å². The minimum Gasteiger partial charge on any atom is -0.482 e. The van der Waals surface area contributed by atoms with Gasteiger partial charge in [0.1, 0.15) is 11.9 Å². The summed E-state index contributed by atoms with van der Waals surface area (Å²) in [6.07, 6.45) is 14.6. The maximum atomic E-state index is 12.8. The van der Waals surface area contributed by atoms with Gasteiger partial charge >= 0.3 is 11.9 Å². The molecule has 1 heterocycles. The highest BCUT2D eigenvalue weighted by Gasteiger charge is 2.48. The lowest BCUT2D eigenvalue weighted by atomic mass is 9.73. The molecule has 2 unspecified atom stereocenters. The predicted octanol–water partition coefficient (Wildman–Crippen LogP) is 6.18. The topological polar surface area (TPSA) is 80.3 Å². The van der Waals surface area contributed by atoms with E-state index in [1.807, 2.05) is 12.1 Å². The van der Waals surface area contributed by atoms with E-state index in [-0.39, 0.29) is 43.0 Å². The van der Waals surface area contributed by atoms with E-state index in [2.05, 4.69) is 13.0 Å². The minimum absolute atomic E-state index is 0.000358. The van der Waals surface area contributed by atoms with Crippen molar-refractivity contribution in [1.82, 2.24) is 0 Å². The monoisotopic (exact) mass is 556 g/mol. The van der Waals surface area contributed by atoms with Crippen LogP contribution in [0, 0.1) is 23.7 Å². The first-order valence-corrected chi connectivity index (χ1v) is 15.8. The molecule has 4 aliphatic rings. The number of carbonyl (C=O) groups excluding carboxylic acids is 2. The fourth-order valence-electron chi connectivity index (χ4n) is 7.12. The van der Waals surface area contributed by atoms with Gasteiger partial charge in [-0.25, -0.2) is 4.79 Å². The standard InChI is InChI=1S/C33H48O7/c1-3-4-5-10-25(39-32-12-6-7-17-37-32)15-16-26-27-18-23-9-8-11-29(38-21-31(34)36-2)28(23)19-24(27)20-30(26)40-33(35)22-13-14-22/h8-9,11,22,24-27,30,32H,3-7,10,12-21H2,1-2H3/t24-,25+,26?,27-,30+,32?/m0/s1. The Morgan fingerprint density at radius 2 is 1.95 bits per heavy atom. The fraction of sp³-hybridized carbons (Fsp3) is 0.758. The van der Waals surface area contributed by atoms with Crippen LogP contribution in [0.4, 0.5) is 0 Å². The fourth-order valence-corrected chi connectivity index (χ4v) is 7.12. The molecule has 40 heavy (non-hydrogen) atoms. The molecule has 0 N–H and O–H groups in total. The smallest absolute Gasteiger partial charge is 0.343 e. The molecule has 0 radical (unpaired) electrons. The lowest BCUT2D eigenvalue weighted by molar-refractivity contribution is -0.191. The Morgan fingerprint density at radius 3 is 2.70 bits per heavy atom. The van der Waals surface area contributed by atoms with Crippen LogP contribution in [0.2, 0.25) is 0 Å². The quantitative estimate of drug-likeness (QED) is 0.200. The maximum absolute atomic E-state index is 12.8. The average Bonchev–Trinajstić information content (AvgIpc) is 3.77. The first-order chi connectivity index (χ1) is 19.6. The molecule has 3 aliphatic carbocycles. The van der Waals surface area contributed by atoms with E-state index in [9.17, 15) is 9.59 Å². The summed E-state index contributed by atoms with van der Waals surface area (Å²) in [6, 6.07) is 6.15. The van der Waals surface area contributed by atoms with Crippen molar-refractivity contribution >= 4 is 11.9 Å². The molecule has 0 aromatic heterocycles. The number of carbonyl (C=O) groups is 2. The Balaban J connectivity index is 1.29. The van der Waals surface area contributed by atoms with E-state index in [1.54, 1.807) is 0 Å². The van der Waals surface area contributed by atoms with Gasteiger partial charge in [-0.3, -0.25) is 4.79 Å². The highest BCUT2D eigenvalue weighted by atomic mass is 16.7. The van der Waals surface area contributed by atoms with Crippen molar-refractivity contribution in [3.63, 3.8) is 0 Å². The van der Waals surface area contributed by atoms with Crippen LogP contribution in [0.3, 0.4) is 0 Å². The molecule has 1 aliphatic heterocycles. The third-order valence-corrected chi connectivity index (χ3v) is 9.51. The van der Waals surface area contributed by atoms with Gasteiger partial charge in [0.25, 0.3) is 0 Å². The zero-order valence-corrected chi connectivity index (χ0v) is 24.4. The third kappa shape index (κ3) is 7.58. The number of esters is 2. The SMILES string of the molecule is CCCCC[C@H](CCC1[C@H]2Cc3cccc(OCC(=O)OC)c3C[C@H]2C[C@H]1OC(=O)C1CC1)OC1CCCCO1. The van der Waals surface area contributed by atoms with Crippen LogP contribution < -0.4 is 4.74 Å². The second kappa shape index (κ2) is 14.2. The Hall–Kier alpha value is -2.12. The van der Waals surface area contributed by atoms with E-state index < -0.39 is 0 Å². The molecule has 1 aromatic rings. The summed E-state index contributed by atoms with van der Waals surface area (Å²) < 4.78 is 29.4. The van der Waals surface area contributed by atoms with Crippen LogP contribution in [-0.2, 0) is 41.4 Å². The van der Waals surface area contributed by atoms with Crippen molar-refractivity contribution in [2.45, 2.75) is 115 Å². The van der Waals surface area contributed by atoms with Crippen molar-refractivity contribution in [1.29, 1.82) is 0 Å². The summed E-state index contributed by atoms with van der Waals surface area (Å²) in [6.45, 7) is 2.95. The molecule has 1 aromatic carbocycles. The number of unbranched alkanes of at least 4 members (excludes halogenated alkanes) is 2. The average molecular weight is 557 g/mol. The van der Waals surface area contributed by atoms with Gasteiger partial charge in [-0.1, -0.05) is 38.3 Å². The lowest BCUT2D eigenvalue weighted by Gasteiger charge is -2.33. The van der Waals surface area contributed by atoms with Gasteiger partial charge in [-0.15, -0.1) is 0 Å². The van der Waals surface area contributed by atoms with Crippen molar-refractivity contribution in [2.24, 2.45) is 23.7 Å². The molecule has 0 amide bonds. The van der Waals surface area contributed by atoms with Gasteiger partial charge < -0.3 is 23.7 Å². The Kier molecular flexibility index (Phi) is 10.4. The van der Waals surface area contributed by atoms with Gasteiger partial charge in [0.05, 0.1) is 19.1 Å². The van der Waals surface area contributed by atoms with E-state index in [1.165, 1.54) is 43.9 Å². The summed E-state index contributed by atoms with van der Waals surface area (Å²) in [7, 11) is 1.38. The second-order valence-electron chi connectivity index (χ2n) is 12.4. The molecular weight excluding hydrogens is 508 g/mol. The zero-order valence-electron chi connectivity index (χ0n) is 24.4. The van der Waals surface area contributed by atoms with E-state index in [0.29, 0.717) is 17.8 Å². The molecule has 2 saturated carbocycles. The van der Waals surface area contributed by atoms with Crippen molar-refractivity contribution < 1.29 is 33.3 Å². The van der Waals surface area contributed by atoms with Gasteiger partial charge in [-0.2, -0.15) is 0 Å². The first-order valence-electron chi connectivity index (χ1n) is 15.8. The molecule has 0 spiro atoms. The molecule has 5 rings (SSSR count). The molecular formula is C33H48O7. The summed E-state index contributed by atoms with van der Waals surface area (Å²) in [5.74, 6) is 1.71. The number of hydrogen-bond donors (Lipinski definition) is 0. The molecule has 3 fully saturated rings. The van der Waals surface area contributed by atoms with E-state index >= 15 is 0 Å². The summed E-state index contributed by atoms with van der Waals surface area (Å²) >= 11 is 0. The Morgan fingerprint density at radius 1 is 1.07 bits per heavy atom. The Bertz CT molecular complexity index is 983. The van der Waals surface area contributed by atoms with Crippen LogP contribution in [0.25, 0.3) is 0 Å².